The first kappa shape index (κ1) is 13.9. The summed E-state index contributed by atoms with van der Waals surface area (Å²) in [5.74, 6) is 0.100. The quantitative estimate of drug-likeness (QED) is 0.815. The van der Waals surface area contributed by atoms with Crippen molar-refractivity contribution in [1.82, 2.24) is 10.2 Å². The van der Waals surface area contributed by atoms with Crippen LogP contribution >= 0.6 is 0 Å². The zero-order chi connectivity index (χ0) is 13.7. The molecule has 0 bridgehead atoms. The maximum atomic E-state index is 12.1. The maximum absolute atomic E-state index is 12.1. The van der Waals surface area contributed by atoms with E-state index >= 15 is 0 Å². The van der Waals surface area contributed by atoms with E-state index in [2.05, 4.69) is 35.4 Å². The summed E-state index contributed by atoms with van der Waals surface area (Å²) in [6.07, 6.45) is 0.785. The van der Waals surface area contributed by atoms with Crippen molar-refractivity contribution in [2.45, 2.75) is 26.3 Å². The van der Waals surface area contributed by atoms with Gasteiger partial charge in [0.15, 0.2) is 0 Å². The molecule has 1 aromatic carbocycles. The summed E-state index contributed by atoms with van der Waals surface area (Å²) >= 11 is 0. The molecule has 0 spiro atoms. The first-order valence-corrected chi connectivity index (χ1v) is 7.09. The molecule has 1 aromatic rings. The number of rotatable bonds is 6. The van der Waals surface area contributed by atoms with E-state index in [0.717, 1.165) is 38.3 Å². The second-order valence-corrected chi connectivity index (χ2v) is 4.88. The minimum absolute atomic E-state index is 0.100. The Hall–Kier alpha value is -1.55. The van der Waals surface area contributed by atoms with Gasteiger partial charge in [-0.15, -0.1) is 0 Å². The molecule has 2 rings (SSSR count). The molecule has 0 unspecified atom stereocenters. The normalized spacial score (nSPS) is 17.1. The first-order valence-electron chi connectivity index (χ1n) is 7.09. The molecule has 0 saturated carbocycles. The number of carbonyl (C=O) groups is 1. The molecular formula is C15H23N3O. The van der Waals surface area contributed by atoms with Crippen LogP contribution in [0.25, 0.3) is 0 Å². The predicted octanol–water partition coefficient (Wildman–Crippen LogP) is 1.48. The first-order chi connectivity index (χ1) is 9.24. The van der Waals surface area contributed by atoms with Crippen LogP contribution in [0.1, 0.15) is 19.4 Å². The van der Waals surface area contributed by atoms with Crippen LogP contribution in [0.2, 0.25) is 0 Å². The number of nitrogens with zero attached hydrogens (tertiary/aromatic N) is 1. The van der Waals surface area contributed by atoms with Gasteiger partial charge in [-0.05, 0) is 24.7 Å². The number of hydrogen-bond donors (Lipinski definition) is 2. The van der Waals surface area contributed by atoms with Crippen molar-refractivity contribution in [3.05, 3.63) is 29.8 Å². The number of anilines is 1. The number of benzene rings is 1. The fourth-order valence-corrected chi connectivity index (χ4v) is 2.46. The van der Waals surface area contributed by atoms with Gasteiger partial charge >= 0.3 is 0 Å². The molecule has 0 aliphatic carbocycles. The lowest BCUT2D eigenvalue weighted by atomic mass is 10.1. The van der Waals surface area contributed by atoms with E-state index in [1.807, 2.05) is 18.2 Å². The number of amides is 1. The smallest absolute Gasteiger partial charge is 0.242 e. The summed E-state index contributed by atoms with van der Waals surface area (Å²) in [7, 11) is 0. The van der Waals surface area contributed by atoms with E-state index in [-0.39, 0.29) is 11.9 Å². The number of hydrogen-bond acceptors (Lipinski definition) is 3. The zero-order valence-corrected chi connectivity index (χ0v) is 11.8. The number of carbonyl (C=O) groups excluding carboxylic acids is 1. The molecule has 104 valence electrons. The van der Waals surface area contributed by atoms with Crippen LogP contribution in [-0.4, -0.2) is 43.0 Å². The van der Waals surface area contributed by atoms with Gasteiger partial charge in [-0.3, -0.25) is 4.79 Å². The third-order valence-corrected chi connectivity index (χ3v) is 3.71. The predicted molar refractivity (Wildman–Crippen MR) is 78.4 cm³/mol. The molecule has 2 N–H and O–H groups in total. The minimum atomic E-state index is -0.117. The lowest BCUT2D eigenvalue weighted by molar-refractivity contribution is -0.121. The average molecular weight is 261 g/mol. The molecule has 19 heavy (non-hydrogen) atoms. The van der Waals surface area contributed by atoms with Crippen LogP contribution < -0.4 is 10.6 Å². The van der Waals surface area contributed by atoms with Gasteiger partial charge in [-0.25, -0.2) is 0 Å². The lowest BCUT2D eigenvalue weighted by Gasteiger charge is -2.19. The van der Waals surface area contributed by atoms with Crippen LogP contribution in [0.4, 0.5) is 5.69 Å². The standard InChI is InChI=1S/C15H23N3O/c1-3-18(4-2)10-9-16-15(19)14-11-12-7-5-6-8-13(12)17-14/h5-8,14,17H,3-4,9-11H2,1-2H3,(H,16,19)/t14-/m0/s1. The number of nitrogens with one attached hydrogen (secondary N) is 2. The summed E-state index contributed by atoms with van der Waals surface area (Å²) in [4.78, 5) is 14.4. The van der Waals surface area contributed by atoms with E-state index < -0.39 is 0 Å². The Morgan fingerprint density at radius 3 is 2.79 bits per heavy atom. The molecule has 0 radical (unpaired) electrons. The third kappa shape index (κ3) is 3.47. The van der Waals surface area contributed by atoms with Crippen LogP contribution in [0, 0.1) is 0 Å². The van der Waals surface area contributed by atoms with E-state index in [0.29, 0.717) is 0 Å². The largest absolute Gasteiger partial charge is 0.373 e. The SMILES string of the molecule is CCN(CC)CCNC(=O)[C@@H]1Cc2ccccc2N1. The number of fused-ring (bicyclic) bond motifs is 1. The van der Waals surface area contributed by atoms with Crippen molar-refractivity contribution in [2.24, 2.45) is 0 Å². The third-order valence-electron chi connectivity index (χ3n) is 3.71. The van der Waals surface area contributed by atoms with E-state index in [1.165, 1.54) is 5.56 Å². The molecule has 1 amide bonds. The second-order valence-electron chi connectivity index (χ2n) is 4.88. The van der Waals surface area contributed by atoms with E-state index in [9.17, 15) is 4.79 Å². The summed E-state index contributed by atoms with van der Waals surface area (Å²) in [6, 6.07) is 7.99. The average Bonchev–Trinajstić information content (AvgIpc) is 2.87. The van der Waals surface area contributed by atoms with Gasteiger partial charge in [0.1, 0.15) is 6.04 Å². The Morgan fingerprint density at radius 2 is 2.11 bits per heavy atom. The van der Waals surface area contributed by atoms with Gasteiger partial charge in [0.05, 0.1) is 0 Å². The van der Waals surface area contributed by atoms with Gasteiger partial charge in [-0.1, -0.05) is 32.0 Å². The van der Waals surface area contributed by atoms with Crippen molar-refractivity contribution >= 4 is 11.6 Å². The van der Waals surface area contributed by atoms with Crippen molar-refractivity contribution in [3.63, 3.8) is 0 Å². The zero-order valence-electron chi connectivity index (χ0n) is 11.8. The Bertz CT molecular complexity index is 404. The van der Waals surface area contributed by atoms with Gasteiger partial charge in [0, 0.05) is 25.2 Å². The van der Waals surface area contributed by atoms with Crippen LogP contribution in [-0.2, 0) is 11.2 Å². The van der Waals surface area contributed by atoms with E-state index in [1.54, 1.807) is 0 Å². The topological polar surface area (TPSA) is 44.4 Å². The highest BCUT2D eigenvalue weighted by atomic mass is 16.2. The Morgan fingerprint density at radius 1 is 1.37 bits per heavy atom. The molecule has 4 nitrogen and oxygen atoms in total. The molecule has 1 aliphatic rings. The van der Waals surface area contributed by atoms with Crippen molar-refractivity contribution in [2.75, 3.05) is 31.5 Å². The molecule has 0 saturated heterocycles. The second kappa shape index (κ2) is 6.57. The van der Waals surface area contributed by atoms with E-state index in [4.69, 9.17) is 0 Å². The fourth-order valence-electron chi connectivity index (χ4n) is 2.46. The number of likely N-dealkylation sites (N-methyl/N-ethyl adjacent to an activating group) is 1. The fraction of sp³-hybridized carbons (Fsp3) is 0.533. The van der Waals surface area contributed by atoms with Crippen molar-refractivity contribution in [3.8, 4) is 0 Å². The molecule has 0 fully saturated rings. The highest BCUT2D eigenvalue weighted by molar-refractivity contribution is 5.87. The highest BCUT2D eigenvalue weighted by Crippen LogP contribution is 2.24. The van der Waals surface area contributed by atoms with Gasteiger partial charge in [-0.2, -0.15) is 0 Å². The van der Waals surface area contributed by atoms with Crippen LogP contribution in [0.15, 0.2) is 24.3 Å². The summed E-state index contributed by atoms with van der Waals surface area (Å²) in [5.41, 5.74) is 2.32. The summed E-state index contributed by atoms with van der Waals surface area (Å²) in [6.45, 7) is 7.97. The lowest BCUT2D eigenvalue weighted by Crippen LogP contribution is -2.42. The van der Waals surface area contributed by atoms with Gasteiger partial charge < -0.3 is 15.5 Å². The maximum Gasteiger partial charge on any atom is 0.242 e. The Labute approximate surface area is 115 Å². The van der Waals surface area contributed by atoms with Crippen molar-refractivity contribution < 1.29 is 4.79 Å². The van der Waals surface area contributed by atoms with Crippen LogP contribution in [0.5, 0.6) is 0 Å². The molecule has 1 atom stereocenters. The minimum Gasteiger partial charge on any atom is -0.373 e. The molecule has 0 aromatic heterocycles. The van der Waals surface area contributed by atoms with Crippen LogP contribution in [0.3, 0.4) is 0 Å². The van der Waals surface area contributed by atoms with Gasteiger partial charge in [0.25, 0.3) is 0 Å². The van der Waals surface area contributed by atoms with Crippen molar-refractivity contribution in [1.29, 1.82) is 0 Å². The van der Waals surface area contributed by atoms with Gasteiger partial charge in [0.2, 0.25) is 5.91 Å². The number of para-hydroxylation sites is 1. The Balaban J connectivity index is 1.77. The Kier molecular flexibility index (Phi) is 4.80. The summed E-state index contributed by atoms with van der Waals surface area (Å²) < 4.78 is 0. The molecule has 1 heterocycles. The monoisotopic (exact) mass is 261 g/mol. The summed E-state index contributed by atoms with van der Waals surface area (Å²) in [5, 5.41) is 6.29. The molecule has 1 aliphatic heterocycles. The molecular weight excluding hydrogens is 238 g/mol. The molecule has 4 heteroatoms. The highest BCUT2D eigenvalue weighted by Gasteiger charge is 2.25.